The second-order valence-corrected chi connectivity index (χ2v) is 8.05. The first-order valence-electron chi connectivity index (χ1n) is 10.1. The molecule has 1 aliphatic heterocycles. The van der Waals surface area contributed by atoms with Crippen LogP contribution in [0.15, 0.2) is 42.5 Å². The largest absolute Gasteiger partial charge is 0.497 e. The zero-order valence-corrected chi connectivity index (χ0v) is 19.1. The molecule has 1 aliphatic rings. The molecule has 0 spiro atoms. The molecule has 2 aromatic carbocycles. The van der Waals surface area contributed by atoms with Crippen molar-refractivity contribution < 1.29 is 19.1 Å². The average molecular weight is 474 g/mol. The first-order valence-corrected chi connectivity index (χ1v) is 10.8. The molecule has 0 N–H and O–H groups in total. The van der Waals surface area contributed by atoms with Crippen molar-refractivity contribution in [2.75, 3.05) is 20.3 Å². The fourth-order valence-electron chi connectivity index (χ4n) is 3.73. The summed E-state index contributed by atoms with van der Waals surface area (Å²) in [5, 5.41) is 5.29. The van der Waals surface area contributed by atoms with Gasteiger partial charge in [-0.15, -0.1) is 0 Å². The van der Waals surface area contributed by atoms with Gasteiger partial charge in [0, 0.05) is 23.6 Å². The molecule has 32 heavy (non-hydrogen) atoms. The molecule has 4 rings (SSSR count). The van der Waals surface area contributed by atoms with Gasteiger partial charge in [0.25, 0.3) is 5.91 Å². The number of halogens is 2. The van der Waals surface area contributed by atoms with Crippen LogP contribution >= 0.6 is 23.2 Å². The van der Waals surface area contributed by atoms with Crippen LogP contribution in [0.2, 0.25) is 10.0 Å². The van der Waals surface area contributed by atoms with E-state index < -0.39 is 5.97 Å². The molecule has 0 saturated carbocycles. The van der Waals surface area contributed by atoms with Crippen LogP contribution in [0.5, 0.6) is 5.75 Å². The Morgan fingerprint density at radius 1 is 1.12 bits per heavy atom. The maximum atomic E-state index is 13.1. The van der Waals surface area contributed by atoms with Gasteiger partial charge in [-0.05, 0) is 49.4 Å². The molecule has 0 unspecified atom stereocenters. The molecular formula is C23H21Cl2N3O4. The lowest BCUT2D eigenvalue weighted by molar-refractivity contribution is 0.0513. The number of methoxy groups -OCH3 is 1. The number of nitrogens with zero attached hydrogens (tertiary/aromatic N) is 3. The Bertz CT molecular complexity index is 1170. The molecule has 1 aromatic heterocycles. The Hall–Kier alpha value is -3.03. The zero-order chi connectivity index (χ0) is 22.8. The summed E-state index contributed by atoms with van der Waals surface area (Å²) in [7, 11) is 1.60. The van der Waals surface area contributed by atoms with Crippen molar-refractivity contribution in [1.82, 2.24) is 14.7 Å². The Morgan fingerprint density at radius 3 is 2.53 bits per heavy atom. The van der Waals surface area contributed by atoms with Gasteiger partial charge in [-0.3, -0.25) is 4.79 Å². The van der Waals surface area contributed by atoms with E-state index in [1.807, 2.05) is 24.3 Å². The van der Waals surface area contributed by atoms with E-state index in [1.165, 1.54) is 6.07 Å². The maximum Gasteiger partial charge on any atom is 0.359 e. The lowest BCUT2D eigenvalue weighted by Crippen LogP contribution is -2.37. The lowest BCUT2D eigenvalue weighted by atomic mass is 10.0. The number of carbonyl (C=O) groups is 2. The highest BCUT2D eigenvalue weighted by Crippen LogP contribution is 2.29. The van der Waals surface area contributed by atoms with Crippen LogP contribution in [0, 0.1) is 0 Å². The molecule has 0 fully saturated rings. The molecule has 0 saturated heterocycles. The van der Waals surface area contributed by atoms with Crippen molar-refractivity contribution >= 4 is 35.1 Å². The van der Waals surface area contributed by atoms with Crippen LogP contribution in [-0.2, 0) is 17.7 Å². The van der Waals surface area contributed by atoms with Crippen LogP contribution in [0.25, 0.3) is 5.69 Å². The number of aromatic nitrogens is 2. The van der Waals surface area contributed by atoms with Gasteiger partial charge in [0.1, 0.15) is 5.75 Å². The molecule has 0 radical (unpaired) electrons. The van der Waals surface area contributed by atoms with E-state index in [1.54, 1.807) is 35.7 Å². The summed E-state index contributed by atoms with van der Waals surface area (Å²) in [5.41, 5.74) is 2.89. The zero-order valence-electron chi connectivity index (χ0n) is 17.6. The number of hydrogen-bond acceptors (Lipinski definition) is 5. The number of fused-ring (bicyclic) bond motifs is 1. The van der Waals surface area contributed by atoms with Gasteiger partial charge >= 0.3 is 5.97 Å². The van der Waals surface area contributed by atoms with Crippen molar-refractivity contribution in [3.63, 3.8) is 0 Å². The van der Waals surface area contributed by atoms with E-state index in [0.29, 0.717) is 29.1 Å². The average Bonchev–Trinajstić information content (AvgIpc) is 3.18. The fourth-order valence-corrected chi connectivity index (χ4v) is 4.22. The minimum atomic E-state index is -0.519. The van der Waals surface area contributed by atoms with Gasteiger partial charge in [0.05, 0.1) is 42.2 Å². The molecular weight excluding hydrogens is 453 g/mol. The Labute approximate surface area is 195 Å². The second kappa shape index (κ2) is 9.22. The smallest absolute Gasteiger partial charge is 0.359 e. The molecule has 166 valence electrons. The Morgan fingerprint density at radius 2 is 1.88 bits per heavy atom. The van der Waals surface area contributed by atoms with Crippen LogP contribution in [-0.4, -0.2) is 46.8 Å². The molecule has 0 atom stereocenters. The van der Waals surface area contributed by atoms with Gasteiger partial charge in [-0.25, -0.2) is 9.48 Å². The number of ether oxygens (including phenoxy) is 2. The number of hydrogen-bond donors (Lipinski definition) is 0. The van der Waals surface area contributed by atoms with E-state index in [0.717, 1.165) is 17.1 Å². The minimum Gasteiger partial charge on any atom is -0.497 e. The molecule has 0 aliphatic carbocycles. The molecule has 0 bridgehead atoms. The van der Waals surface area contributed by atoms with Crippen LogP contribution in [0.1, 0.15) is 39.0 Å². The standard InChI is InChI=1S/C23H21Cl2N3O4/c1-3-32-23(30)21-18-13-27(22(29)17-9-4-14(24)12-19(17)25)11-10-20(18)28(26-21)15-5-7-16(31-2)8-6-15/h4-9,12H,3,10-11,13H2,1-2H3. The van der Waals surface area contributed by atoms with Gasteiger partial charge < -0.3 is 14.4 Å². The third-order valence-electron chi connectivity index (χ3n) is 5.29. The highest BCUT2D eigenvalue weighted by molar-refractivity contribution is 6.36. The summed E-state index contributed by atoms with van der Waals surface area (Å²) < 4.78 is 12.2. The van der Waals surface area contributed by atoms with E-state index in [-0.39, 0.29) is 29.8 Å². The van der Waals surface area contributed by atoms with Crippen molar-refractivity contribution in [3.8, 4) is 11.4 Å². The number of rotatable bonds is 5. The molecule has 7 nitrogen and oxygen atoms in total. The normalized spacial score (nSPS) is 12.9. The van der Waals surface area contributed by atoms with E-state index in [9.17, 15) is 9.59 Å². The summed E-state index contributed by atoms with van der Waals surface area (Å²) in [6.45, 7) is 2.64. The predicted octanol–water partition coefficient (Wildman–Crippen LogP) is 4.56. The summed E-state index contributed by atoms with van der Waals surface area (Å²) in [6.07, 6.45) is 0.519. The topological polar surface area (TPSA) is 73.7 Å². The molecule has 2 heterocycles. The summed E-state index contributed by atoms with van der Waals surface area (Å²) >= 11 is 12.2. The second-order valence-electron chi connectivity index (χ2n) is 7.21. The highest BCUT2D eigenvalue weighted by Gasteiger charge is 2.32. The summed E-state index contributed by atoms with van der Waals surface area (Å²) in [6, 6.07) is 12.2. The van der Waals surface area contributed by atoms with Crippen LogP contribution in [0.3, 0.4) is 0 Å². The molecule has 9 heteroatoms. The lowest BCUT2D eigenvalue weighted by Gasteiger charge is -2.28. The van der Waals surface area contributed by atoms with Crippen molar-refractivity contribution in [1.29, 1.82) is 0 Å². The minimum absolute atomic E-state index is 0.206. The number of carbonyl (C=O) groups excluding carboxylic acids is 2. The first-order chi connectivity index (χ1) is 15.4. The number of benzene rings is 2. The van der Waals surface area contributed by atoms with Crippen LogP contribution < -0.4 is 4.74 Å². The van der Waals surface area contributed by atoms with Crippen molar-refractivity contribution in [2.45, 2.75) is 19.9 Å². The van der Waals surface area contributed by atoms with Gasteiger partial charge in [-0.1, -0.05) is 23.2 Å². The third kappa shape index (κ3) is 4.18. The van der Waals surface area contributed by atoms with E-state index in [4.69, 9.17) is 32.7 Å². The van der Waals surface area contributed by atoms with Crippen molar-refractivity contribution in [3.05, 3.63) is 75.0 Å². The maximum absolute atomic E-state index is 13.1. The van der Waals surface area contributed by atoms with Crippen molar-refractivity contribution in [2.24, 2.45) is 0 Å². The van der Waals surface area contributed by atoms with Crippen LogP contribution in [0.4, 0.5) is 0 Å². The summed E-state index contributed by atoms with van der Waals surface area (Å²) in [5.74, 6) is -0.0313. The Kier molecular flexibility index (Phi) is 6.39. The van der Waals surface area contributed by atoms with Gasteiger partial charge in [0.15, 0.2) is 5.69 Å². The van der Waals surface area contributed by atoms with E-state index >= 15 is 0 Å². The summed E-state index contributed by atoms with van der Waals surface area (Å²) in [4.78, 5) is 27.4. The van der Waals surface area contributed by atoms with E-state index in [2.05, 4.69) is 5.10 Å². The Balaban J connectivity index is 1.71. The quantitative estimate of drug-likeness (QED) is 0.507. The number of amides is 1. The monoisotopic (exact) mass is 473 g/mol. The highest BCUT2D eigenvalue weighted by atomic mass is 35.5. The van der Waals surface area contributed by atoms with Gasteiger partial charge in [0.2, 0.25) is 0 Å². The third-order valence-corrected chi connectivity index (χ3v) is 5.84. The molecule has 3 aromatic rings. The number of esters is 1. The predicted molar refractivity (Wildman–Crippen MR) is 121 cm³/mol. The molecule has 1 amide bonds. The van der Waals surface area contributed by atoms with Gasteiger partial charge in [-0.2, -0.15) is 5.10 Å². The first kappa shape index (κ1) is 22.2. The fraction of sp³-hybridized carbons (Fsp3) is 0.261. The SMILES string of the molecule is CCOC(=O)c1nn(-c2ccc(OC)cc2)c2c1CN(C(=O)c1ccc(Cl)cc1Cl)CC2.